The zero-order chi connectivity index (χ0) is 13.8. The Bertz CT molecular complexity index is 589. The van der Waals surface area contributed by atoms with Crippen LogP contribution in [0.4, 0.5) is 5.82 Å². The standard InChI is InChI=1S/C13H15BrN4O/c1-4-11-17-12(15-3)8(2)13(18-11)19-10-5-9(14)6-16-7-10/h5-7H,4H2,1-3H3,(H,15,17,18). The number of ether oxygens (including phenoxy) is 1. The number of anilines is 1. The molecule has 2 rings (SSSR count). The van der Waals surface area contributed by atoms with E-state index in [1.54, 1.807) is 12.4 Å². The summed E-state index contributed by atoms with van der Waals surface area (Å²) in [4.78, 5) is 12.9. The van der Waals surface area contributed by atoms with Crippen LogP contribution in [0, 0.1) is 6.92 Å². The van der Waals surface area contributed by atoms with E-state index in [1.165, 1.54) is 0 Å². The highest BCUT2D eigenvalue weighted by Gasteiger charge is 2.11. The zero-order valence-corrected chi connectivity index (χ0v) is 12.7. The second-order valence-electron chi connectivity index (χ2n) is 3.96. The Morgan fingerprint density at radius 1 is 1.32 bits per heavy atom. The van der Waals surface area contributed by atoms with E-state index in [-0.39, 0.29) is 0 Å². The first-order valence-corrected chi connectivity index (χ1v) is 6.77. The minimum Gasteiger partial charge on any atom is -0.437 e. The van der Waals surface area contributed by atoms with Crippen LogP contribution in [0.15, 0.2) is 22.9 Å². The monoisotopic (exact) mass is 322 g/mol. The number of pyridine rings is 1. The molecule has 0 aliphatic carbocycles. The molecule has 1 N–H and O–H groups in total. The van der Waals surface area contributed by atoms with Crippen LogP contribution >= 0.6 is 15.9 Å². The summed E-state index contributed by atoms with van der Waals surface area (Å²) < 4.78 is 6.65. The molecular weight excluding hydrogens is 308 g/mol. The van der Waals surface area contributed by atoms with Crippen molar-refractivity contribution in [3.8, 4) is 11.6 Å². The number of aromatic nitrogens is 3. The maximum Gasteiger partial charge on any atom is 0.227 e. The van der Waals surface area contributed by atoms with Crippen molar-refractivity contribution in [2.24, 2.45) is 0 Å². The maximum atomic E-state index is 5.79. The Labute approximate surface area is 120 Å². The molecule has 2 aromatic heterocycles. The van der Waals surface area contributed by atoms with Crippen molar-refractivity contribution in [2.75, 3.05) is 12.4 Å². The Morgan fingerprint density at radius 2 is 2.11 bits per heavy atom. The normalized spacial score (nSPS) is 10.3. The minimum absolute atomic E-state index is 0.552. The topological polar surface area (TPSA) is 59.9 Å². The van der Waals surface area contributed by atoms with Gasteiger partial charge < -0.3 is 10.1 Å². The molecule has 0 saturated heterocycles. The van der Waals surface area contributed by atoms with Gasteiger partial charge in [-0.05, 0) is 28.9 Å². The first-order chi connectivity index (χ1) is 9.13. The largest absolute Gasteiger partial charge is 0.437 e. The van der Waals surface area contributed by atoms with E-state index >= 15 is 0 Å². The fourth-order valence-corrected chi connectivity index (χ4v) is 1.94. The van der Waals surface area contributed by atoms with Crippen LogP contribution < -0.4 is 10.1 Å². The lowest BCUT2D eigenvalue weighted by Gasteiger charge is -2.12. The third-order valence-electron chi connectivity index (χ3n) is 2.59. The SMILES string of the molecule is CCc1nc(NC)c(C)c(Oc2cncc(Br)c2)n1. The molecule has 2 aromatic rings. The lowest BCUT2D eigenvalue weighted by Crippen LogP contribution is -2.04. The number of rotatable bonds is 4. The quantitative estimate of drug-likeness (QED) is 0.935. The Hall–Kier alpha value is -1.69. The van der Waals surface area contributed by atoms with Crippen molar-refractivity contribution in [3.05, 3.63) is 34.3 Å². The lowest BCUT2D eigenvalue weighted by atomic mass is 10.3. The Morgan fingerprint density at radius 3 is 2.74 bits per heavy atom. The molecule has 0 unspecified atom stereocenters. The molecule has 0 saturated carbocycles. The van der Waals surface area contributed by atoms with E-state index in [0.29, 0.717) is 11.6 Å². The number of hydrogen-bond donors (Lipinski definition) is 1. The van der Waals surface area contributed by atoms with Crippen LogP contribution in [0.25, 0.3) is 0 Å². The third-order valence-corrected chi connectivity index (χ3v) is 3.03. The minimum atomic E-state index is 0.552. The van der Waals surface area contributed by atoms with Gasteiger partial charge in [-0.1, -0.05) is 6.92 Å². The molecule has 0 aliphatic heterocycles. The highest BCUT2D eigenvalue weighted by Crippen LogP contribution is 2.27. The average Bonchev–Trinajstić information content (AvgIpc) is 2.41. The number of nitrogens with zero attached hydrogens (tertiary/aromatic N) is 3. The van der Waals surface area contributed by atoms with E-state index in [2.05, 4.69) is 36.2 Å². The van der Waals surface area contributed by atoms with Crippen LogP contribution in [0.3, 0.4) is 0 Å². The molecule has 0 spiro atoms. The predicted molar refractivity (Wildman–Crippen MR) is 77.7 cm³/mol. The van der Waals surface area contributed by atoms with Gasteiger partial charge in [0, 0.05) is 24.1 Å². The highest BCUT2D eigenvalue weighted by atomic mass is 79.9. The predicted octanol–water partition coefficient (Wildman–Crippen LogP) is 3.34. The summed E-state index contributed by atoms with van der Waals surface area (Å²) in [7, 11) is 1.83. The molecular formula is C13H15BrN4O. The molecule has 0 aromatic carbocycles. The van der Waals surface area contributed by atoms with Crippen molar-refractivity contribution in [3.63, 3.8) is 0 Å². The summed E-state index contributed by atoms with van der Waals surface area (Å²) >= 11 is 3.36. The van der Waals surface area contributed by atoms with E-state index in [0.717, 1.165) is 28.1 Å². The average molecular weight is 323 g/mol. The van der Waals surface area contributed by atoms with Crippen molar-refractivity contribution >= 4 is 21.7 Å². The van der Waals surface area contributed by atoms with Gasteiger partial charge in [0.2, 0.25) is 5.88 Å². The second kappa shape index (κ2) is 5.97. The van der Waals surface area contributed by atoms with Crippen LogP contribution in [-0.2, 0) is 6.42 Å². The van der Waals surface area contributed by atoms with Crippen molar-refractivity contribution < 1.29 is 4.74 Å². The van der Waals surface area contributed by atoms with Crippen LogP contribution in [0.2, 0.25) is 0 Å². The number of aryl methyl sites for hydroxylation is 1. The first kappa shape index (κ1) is 13.7. The second-order valence-corrected chi connectivity index (χ2v) is 4.88. The molecule has 2 heterocycles. The van der Waals surface area contributed by atoms with Gasteiger partial charge in [0.1, 0.15) is 17.4 Å². The third kappa shape index (κ3) is 3.20. The molecule has 100 valence electrons. The highest BCUT2D eigenvalue weighted by molar-refractivity contribution is 9.10. The fraction of sp³-hybridized carbons (Fsp3) is 0.308. The molecule has 5 nitrogen and oxygen atoms in total. The van der Waals surface area contributed by atoms with Gasteiger partial charge >= 0.3 is 0 Å². The molecule has 19 heavy (non-hydrogen) atoms. The summed E-state index contributed by atoms with van der Waals surface area (Å²) in [6.07, 6.45) is 4.11. The molecule has 0 fully saturated rings. The maximum absolute atomic E-state index is 5.79. The van der Waals surface area contributed by atoms with Crippen LogP contribution in [-0.4, -0.2) is 22.0 Å². The van der Waals surface area contributed by atoms with Gasteiger partial charge in [-0.3, -0.25) is 4.98 Å². The van der Waals surface area contributed by atoms with Gasteiger partial charge in [0.05, 0.1) is 11.8 Å². The molecule has 0 aliphatic rings. The Balaban J connectivity index is 2.38. The summed E-state index contributed by atoms with van der Waals surface area (Å²) in [5.41, 5.74) is 0.875. The smallest absolute Gasteiger partial charge is 0.227 e. The molecule has 0 radical (unpaired) electrons. The van der Waals surface area contributed by atoms with Crippen molar-refractivity contribution in [1.82, 2.24) is 15.0 Å². The summed E-state index contributed by atoms with van der Waals surface area (Å²) in [5.74, 6) is 2.72. The summed E-state index contributed by atoms with van der Waals surface area (Å²) in [6.45, 7) is 3.93. The molecule has 0 bridgehead atoms. The van der Waals surface area contributed by atoms with E-state index in [1.807, 2.05) is 27.0 Å². The van der Waals surface area contributed by atoms with Crippen molar-refractivity contribution in [2.45, 2.75) is 20.3 Å². The summed E-state index contributed by atoms with van der Waals surface area (Å²) in [5, 5.41) is 3.05. The van der Waals surface area contributed by atoms with Gasteiger partial charge in [-0.15, -0.1) is 0 Å². The number of halogens is 1. The summed E-state index contributed by atoms with van der Waals surface area (Å²) in [6, 6.07) is 1.85. The van der Waals surface area contributed by atoms with Gasteiger partial charge in [0.25, 0.3) is 0 Å². The van der Waals surface area contributed by atoms with E-state index in [4.69, 9.17) is 4.74 Å². The molecule has 0 amide bonds. The van der Waals surface area contributed by atoms with Crippen LogP contribution in [0.5, 0.6) is 11.6 Å². The fourth-order valence-electron chi connectivity index (χ4n) is 1.60. The van der Waals surface area contributed by atoms with Crippen molar-refractivity contribution in [1.29, 1.82) is 0 Å². The number of hydrogen-bond acceptors (Lipinski definition) is 5. The zero-order valence-electron chi connectivity index (χ0n) is 11.1. The Kier molecular flexibility index (Phi) is 4.31. The first-order valence-electron chi connectivity index (χ1n) is 5.97. The number of nitrogens with one attached hydrogen (secondary N) is 1. The van der Waals surface area contributed by atoms with Gasteiger partial charge in [-0.2, -0.15) is 4.98 Å². The van der Waals surface area contributed by atoms with Gasteiger partial charge in [-0.25, -0.2) is 4.98 Å². The molecule has 6 heteroatoms. The lowest BCUT2D eigenvalue weighted by molar-refractivity contribution is 0.452. The van der Waals surface area contributed by atoms with E-state index < -0.39 is 0 Å². The molecule has 0 atom stereocenters. The van der Waals surface area contributed by atoms with E-state index in [9.17, 15) is 0 Å². The van der Waals surface area contributed by atoms with Gasteiger partial charge in [0.15, 0.2) is 0 Å². The van der Waals surface area contributed by atoms with Crippen LogP contribution in [0.1, 0.15) is 18.3 Å².